The normalized spacial score (nSPS) is 11.1. The molecule has 0 amide bonds. The largest absolute Gasteiger partial charge is 0.256 e. The Labute approximate surface area is 202 Å². The molecular weight excluding hydrogens is 454 g/mol. The van der Waals surface area contributed by atoms with Crippen LogP contribution >= 0.6 is 15.8 Å². The molecule has 0 fully saturated rings. The van der Waals surface area contributed by atoms with Gasteiger partial charge in [-0.2, -0.15) is 0 Å². The minimum absolute atomic E-state index is 0.689. The molecule has 0 unspecified atom stereocenters. The smallest absolute Gasteiger partial charge is 0.0695 e. The van der Waals surface area contributed by atoms with Crippen molar-refractivity contribution in [3.63, 3.8) is 0 Å². The molecule has 0 atom stereocenters. The van der Waals surface area contributed by atoms with Crippen molar-refractivity contribution >= 4 is 37.6 Å². The van der Waals surface area contributed by atoms with E-state index in [-0.39, 0.29) is 0 Å². The van der Waals surface area contributed by atoms with Gasteiger partial charge in [-0.3, -0.25) is 19.9 Å². The average Bonchev–Trinajstić information content (AvgIpc) is 2.92. The van der Waals surface area contributed by atoms with Gasteiger partial charge in [-0.1, -0.05) is 48.5 Å². The highest BCUT2D eigenvalue weighted by molar-refractivity contribution is 7.72. The first kappa shape index (κ1) is 22.5. The van der Waals surface area contributed by atoms with E-state index in [2.05, 4.69) is 92.7 Å². The van der Waals surface area contributed by atoms with Crippen LogP contribution in [0, 0.1) is 0 Å². The van der Waals surface area contributed by atoms with E-state index in [9.17, 15) is 0 Å². The van der Waals surface area contributed by atoms with E-state index in [1.54, 1.807) is 0 Å². The summed E-state index contributed by atoms with van der Waals surface area (Å²) in [4.78, 5) is 18.7. The maximum Gasteiger partial charge on any atom is 0.0695 e. The predicted molar refractivity (Wildman–Crippen MR) is 143 cm³/mol. The van der Waals surface area contributed by atoms with Gasteiger partial charge in [0.1, 0.15) is 0 Å². The molecular formula is C28H24N4P2. The molecule has 0 saturated heterocycles. The van der Waals surface area contributed by atoms with Crippen molar-refractivity contribution in [2.45, 2.75) is 12.3 Å². The monoisotopic (exact) mass is 478 g/mol. The molecule has 0 aliphatic rings. The number of pyridine rings is 4. The second-order valence-corrected chi connectivity index (χ2v) is 11.9. The number of benzene rings is 1. The minimum atomic E-state index is -0.689. The molecule has 4 aromatic heterocycles. The second kappa shape index (κ2) is 11.2. The van der Waals surface area contributed by atoms with Gasteiger partial charge < -0.3 is 0 Å². The number of nitrogens with zero attached hydrogens (tertiary/aromatic N) is 4. The van der Waals surface area contributed by atoms with E-state index in [1.807, 2.05) is 49.1 Å². The van der Waals surface area contributed by atoms with Crippen molar-refractivity contribution in [1.82, 2.24) is 19.9 Å². The van der Waals surface area contributed by atoms with Crippen LogP contribution in [0.15, 0.2) is 122 Å². The zero-order valence-electron chi connectivity index (χ0n) is 18.6. The Bertz CT molecular complexity index is 1120. The quantitative estimate of drug-likeness (QED) is 0.308. The molecule has 0 radical (unpaired) electrons. The molecule has 4 heterocycles. The van der Waals surface area contributed by atoms with Gasteiger partial charge in [0.15, 0.2) is 0 Å². The molecule has 5 aromatic rings. The lowest BCUT2D eigenvalue weighted by molar-refractivity contribution is 1.29. The topological polar surface area (TPSA) is 51.6 Å². The fourth-order valence-corrected chi connectivity index (χ4v) is 7.93. The number of hydrogen-bond donors (Lipinski definition) is 0. The Morgan fingerprint density at radius 2 is 0.765 bits per heavy atom. The highest BCUT2D eigenvalue weighted by Gasteiger charge is 2.19. The maximum absolute atomic E-state index is 4.68. The summed E-state index contributed by atoms with van der Waals surface area (Å²) in [5.41, 5.74) is 7.02. The highest BCUT2D eigenvalue weighted by atomic mass is 31.1. The third kappa shape index (κ3) is 5.59. The summed E-state index contributed by atoms with van der Waals surface area (Å²) in [5.74, 6) is 0. The summed E-state index contributed by atoms with van der Waals surface area (Å²) in [6, 6.07) is 33.5. The van der Waals surface area contributed by atoms with E-state index in [0.29, 0.717) is 0 Å². The molecule has 5 rings (SSSR count). The van der Waals surface area contributed by atoms with Gasteiger partial charge >= 0.3 is 0 Å². The number of rotatable bonds is 8. The molecule has 6 heteroatoms. The molecule has 0 saturated carbocycles. The highest BCUT2D eigenvalue weighted by Crippen LogP contribution is 2.39. The number of aromatic nitrogens is 4. The summed E-state index contributed by atoms with van der Waals surface area (Å²) >= 11 is 0. The molecule has 0 aliphatic heterocycles. The zero-order chi connectivity index (χ0) is 23.0. The van der Waals surface area contributed by atoms with Gasteiger partial charge in [-0.05, 0) is 59.7 Å². The van der Waals surface area contributed by atoms with E-state index < -0.39 is 15.8 Å². The molecule has 0 bridgehead atoms. The van der Waals surface area contributed by atoms with Crippen molar-refractivity contribution in [2.24, 2.45) is 0 Å². The van der Waals surface area contributed by atoms with Crippen LogP contribution < -0.4 is 21.7 Å². The molecule has 4 nitrogen and oxygen atoms in total. The third-order valence-electron chi connectivity index (χ3n) is 5.38. The maximum atomic E-state index is 4.68. The lowest BCUT2D eigenvalue weighted by Crippen LogP contribution is -2.18. The van der Waals surface area contributed by atoms with Crippen molar-refractivity contribution in [2.75, 3.05) is 0 Å². The Morgan fingerprint density at radius 3 is 1.06 bits per heavy atom. The van der Waals surface area contributed by atoms with E-state index >= 15 is 0 Å². The lowest BCUT2D eigenvalue weighted by atomic mass is 10.2. The molecule has 34 heavy (non-hydrogen) atoms. The van der Waals surface area contributed by atoms with Crippen molar-refractivity contribution < 1.29 is 0 Å². The van der Waals surface area contributed by atoms with Gasteiger partial charge in [0.05, 0.1) is 21.7 Å². The summed E-state index contributed by atoms with van der Waals surface area (Å²) in [7, 11) is -1.38. The Morgan fingerprint density at radius 1 is 0.412 bits per heavy atom. The molecule has 0 N–H and O–H groups in total. The van der Waals surface area contributed by atoms with Gasteiger partial charge in [-0.15, -0.1) is 0 Å². The fourth-order valence-electron chi connectivity index (χ4n) is 3.80. The molecule has 0 spiro atoms. The van der Waals surface area contributed by atoms with Crippen molar-refractivity contribution in [1.29, 1.82) is 0 Å². The zero-order valence-corrected chi connectivity index (χ0v) is 20.4. The molecule has 1 aromatic carbocycles. The standard InChI is InChI=1S/C28H24N4P2/c1-5-16-29-25(12-1)33(26-13-2-6-17-30-26)21-23-10-9-11-24(20-23)22-34(27-14-3-7-18-31-27)28-15-4-8-19-32-28/h1-20H,21-22H2. The van der Waals surface area contributed by atoms with Crippen LogP contribution in [-0.2, 0) is 12.3 Å². The second-order valence-electron chi connectivity index (χ2n) is 7.74. The van der Waals surface area contributed by atoms with Crippen molar-refractivity contribution in [3.8, 4) is 0 Å². The minimum Gasteiger partial charge on any atom is -0.256 e. The van der Waals surface area contributed by atoms with Gasteiger partial charge in [0, 0.05) is 53.0 Å². The van der Waals surface area contributed by atoms with Crippen LogP contribution in [0.2, 0.25) is 0 Å². The summed E-state index contributed by atoms with van der Waals surface area (Å²) in [5, 5.41) is 0. The summed E-state index contributed by atoms with van der Waals surface area (Å²) < 4.78 is 0. The Balaban J connectivity index is 1.44. The number of hydrogen-bond acceptors (Lipinski definition) is 4. The van der Waals surface area contributed by atoms with Crippen LogP contribution in [0.3, 0.4) is 0 Å². The molecule has 0 aliphatic carbocycles. The van der Waals surface area contributed by atoms with Gasteiger partial charge in [0.25, 0.3) is 0 Å². The third-order valence-corrected chi connectivity index (χ3v) is 10.0. The summed E-state index contributed by atoms with van der Waals surface area (Å²) in [6.07, 6.45) is 9.30. The first-order chi connectivity index (χ1) is 16.9. The molecule has 166 valence electrons. The van der Waals surface area contributed by atoms with Gasteiger partial charge in [-0.25, -0.2) is 0 Å². The van der Waals surface area contributed by atoms with Crippen LogP contribution in [-0.4, -0.2) is 19.9 Å². The van der Waals surface area contributed by atoms with Gasteiger partial charge in [0.2, 0.25) is 0 Å². The van der Waals surface area contributed by atoms with E-state index in [1.165, 1.54) is 11.1 Å². The summed E-state index contributed by atoms with van der Waals surface area (Å²) in [6.45, 7) is 0. The fraction of sp³-hybridized carbons (Fsp3) is 0.0714. The SMILES string of the molecule is c1ccc(P(Cc2cccc(CP(c3ccccn3)c3ccccn3)c2)c2ccccn2)nc1. The Hall–Kier alpha value is -3.32. The average molecular weight is 478 g/mol. The van der Waals surface area contributed by atoms with Crippen molar-refractivity contribution in [3.05, 3.63) is 133 Å². The lowest BCUT2D eigenvalue weighted by Gasteiger charge is -2.19. The Kier molecular flexibility index (Phi) is 7.40. The predicted octanol–water partition coefficient (Wildman–Crippen LogP) is 4.53. The van der Waals surface area contributed by atoms with Crippen LogP contribution in [0.25, 0.3) is 0 Å². The van der Waals surface area contributed by atoms with Crippen LogP contribution in [0.1, 0.15) is 11.1 Å². The van der Waals surface area contributed by atoms with E-state index in [4.69, 9.17) is 0 Å². The van der Waals surface area contributed by atoms with Crippen LogP contribution in [0.5, 0.6) is 0 Å². The first-order valence-electron chi connectivity index (χ1n) is 11.1. The van der Waals surface area contributed by atoms with Crippen LogP contribution in [0.4, 0.5) is 0 Å². The first-order valence-corrected chi connectivity index (χ1v) is 14.2. The van der Waals surface area contributed by atoms with E-state index in [0.717, 1.165) is 34.1 Å².